The minimum absolute atomic E-state index is 0.351. The molecule has 0 heterocycles. The van der Waals surface area contributed by atoms with Crippen LogP contribution in [0.4, 0.5) is 4.39 Å². The van der Waals surface area contributed by atoms with Crippen molar-refractivity contribution in [2.75, 3.05) is 0 Å². The number of ether oxygens (including phenoxy) is 1. The van der Waals surface area contributed by atoms with Crippen molar-refractivity contribution < 1.29 is 19.0 Å². The fourth-order valence-corrected chi connectivity index (χ4v) is 1.75. The first-order chi connectivity index (χ1) is 9.47. The molecule has 104 valence electrons. The lowest BCUT2D eigenvalue weighted by molar-refractivity contribution is 0.100. The van der Waals surface area contributed by atoms with Gasteiger partial charge in [-0.05, 0) is 49.4 Å². The number of amides is 1. The number of aliphatic hydroxyl groups is 1. The lowest BCUT2D eigenvalue weighted by Crippen LogP contribution is -2.10. The zero-order chi connectivity index (χ0) is 14.7. The van der Waals surface area contributed by atoms with E-state index in [0.29, 0.717) is 22.6 Å². The quantitative estimate of drug-likeness (QED) is 0.901. The normalized spacial score (nSPS) is 11.9. The highest BCUT2D eigenvalue weighted by atomic mass is 19.1. The number of nitrogens with two attached hydrogens (primary N) is 1. The Bertz CT molecular complexity index is 624. The van der Waals surface area contributed by atoms with Crippen molar-refractivity contribution in [2.24, 2.45) is 5.73 Å². The molecule has 5 heteroatoms. The first-order valence-electron chi connectivity index (χ1n) is 6.02. The highest BCUT2D eigenvalue weighted by Gasteiger charge is 2.11. The van der Waals surface area contributed by atoms with E-state index in [-0.39, 0.29) is 0 Å². The van der Waals surface area contributed by atoms with E-state index in [1.165, 1.54) is 37.3 Å². The maximum absolute atomic E-state index is 13.2. The summed E-state index contributed by atoms with van der Waals surface area (Å²) in [7, 11) is 0. The predicted molar refractivity (Wildman–Crippen MR) is 72.1 cm³/mol. The van der Waals surface area contributed by atoms with Gasteiger partial charge in [0.05, 0.1) is 6.10 Å². The summed E-state index contributed by atoms with van der Waals surface area (Å²) >= 11 is 0. The van der Waals surface area contributed by atoms with Gasteiger partial charge in [0.25, 0.3) is 0 Å². The van der Waals surface area contributed by atoms with E-state index >= 15 is 0 Å². The molecule has 4 nitrogen and oxygen atoms in total. The van der Waals surface area contributed by atoms with Crippen LogP contribution in [0.25, 0.3) is 0 Å². The van der Waals surface area contributed by atoms with E-state index in [4.69, 9.17) is 10.5 Å². The van der Waals surface area contributed by atoms with E-state index in [1.54, 1.807) is 12.1 Å². The summed E-state index contributed by atoms with van der Waals surface area (Å²) in [4.78, 5) is 11.0. The van der Waals surface area contributed by atoms with Gasteiger partial charge >= 0.3 is 0 Å². The van der Waals surface area contributed by atoms with Crippen LogP contribution in [0.3, 0.4) is 0 Å². The van der Waals surface area contributed by atoms with E-state index in [0.717, 1.165) is 0 Å². The number of hydrogen-bond donors (Lipinski definition) is 2. The van der Waals surface area contributed by atoms with Gasteiger partial charge in [-0.2, -0.15) is 0 Å². The molecule has 0 spiro atoms. The standard InChI is InChI=1S/C15H14FNO3/c1-9(18)13-8-11(16)4-7-14(13)20-12-5-2-10(3-6-12)15(17)19/h2-9,18H,1H3,(H2,17,19)/t9-/m1/s1. The molecule has 3 N–H and O–H groups in total. The summed E-state index contributed by atoms with van der Waals surface area (Å²) in [5.41, 5.74) is 5.86. The molecule has 0 aliphatic carbocycles. The minimum Gasteiger partial charge on any atom is -0.457 e. The van der Waals surface area contributed by atoms with Crippen molar-refractivity contribution >= 4 is 5.91 Å². The minimum atomic E-state index is -0.856. The van der Waals surface area contributed by atoms with E-state index < -0.39 is 17.8 Å². The smallest absolute Gasteiger partial charge is 0.248 e. The van der Waals surface area contributed by atoms with Crippen LogP contribution in [-0.2, 0) is 0 Å². The van der Waals surface area contributed by atoms with Gasteiger partial charge < -0.3 is 15.6 Å². The molecule has 0 bridgehead atoms. The van der Waals surface area contributed by atoms with Crippen LogP contribution in [0, 0.1) is 5.82 Å². The van der Waals surface area contributed by atoms with Crippen LogP contribution in [0.15, 0.2) is 42.5 Å². The molecule has 1 amide bonds. The van der Waals surface area contributed by atoms with Crippen LogP contribution >= 0.6 is 0 Å². The topological polar surface area (TPSA) is 72.6 Å². The molecular weight excluding hydrogens is 261 g/mol. The molecule has 2 aromatic carbocycles. The van der Waals surface area contributed by atoms with Gasteiger partial charge in [-0.1, -0.05) is 0 Å². The van der Waals surface area contributed by atoms with Gasteiger partial charge in [-0.3, -0.25) is 4.79 Å². The lowest BCUT2D eigenvalue weighted by Gasteiger charge is -2.13. The molecule has 1 atom stereocenters. The number of rotatable bonds is 4. The Labute approximate surface area is 115 Å². The van der Waals surface area contributed by atoms with Crippen molar-refractivity contribution in [3.63, 3.8) is 0 Å². The maximum Gasteiger partial charge on any atom is 0.248 e. The Morgan fingerprint density at radius 3 is 2.45 bits per heavy atom. The molecule has 2 rings (SSSR count). The number of hydrogen-bond acceptors (Lipinski definition) is 3. The van der Waals surface area contributed by atoms with Crippen LogP contribution < -0.4 is 10.5 Å². The Morgan fingerprint density at radius 1 is 1.25 bits per heavy atom. The van der Waals surface area contributed by atoms with E-state index in [2.05, 4.69) is 0 Å². The van der Waals surface area contributed by atoms with Crippen LogP contribution in [0.1, 0.15) is 28.9 Å². The Balaban J connectivity index is 2.27. The average molecular weight is 275 g/mol. The highest BCUT2D eigenvalue weighted by Crippen LogP contribution is 2.30. The molecule has 0 radical (unpaired) electrons. The summed E-state index contributed by atoms with van der Waals surface area (Å²) < 4.78 is 18.8. The molecule has 0 aliphatic heterocycles. The number of benzene rings is 2. The van der Waals surface area contributed by atoms with E-state index in [9.17, 15) is 14.3 Å². The van der Waals surface area contributed by atoms with Gasteiger partial charge in [0.15, 0.2) is 0 Å². The first kappa shape index (κ1) is 14.0. The fourth-order valence-electron chi connectivity index (χ4n) is 1.75. The predicted octanol–water partition coefficient (Wildman–Crippen LogP) is 2.77. The largest absolute Gasteiger partial charge is 0.457 e. The number of carbonyl (C=O) groups excluding carboxylic acids is 1. The Kier molecular flexibility index (Phi) is 4.00. The van der Waals surface area contributed by atoms with Gasteiger partial charge in [0.2, 0.25) is 5.91 Å². The number of halogens is 1. The number of aliphatic hydroxyl groups excluding tert-OH is 1. The highest BCUT2D eigenvalue weighted by molar-refractivity contribution is 5.92. The number of primary amides is 1. The van der Waals surface area contributed by atoms with Crippen molar-refractivity contribution in [3.05, 3.63) is 59.4 Å². The molecule has 0 fully saturated rings. The summed E-state index contributed by atoms with van der Waals surface area (Å²) in [6.07, 6.45) is -0.856. The summed E-state index contributed by atoms with van der Waals surface area (Å²) in [5.74, 6) is -0.155. The third-order valence-electron chi connectivity index (χ3n) is 2.79. The van der Waals surface area contributed by atoms with E-state index in [1.807, 2.05) is 0 Å². The third-order valence-corrected chi connectivity index (χ3v) is 2.79. The first-order valence-corrected chi connectivity index (χ1v) is 6.02. The zero-order valence-electron chi connectivity index (χ0n) is 10.8. The van der Waals surface area contributed by atoms with Crippen molar-refractivity contribution in [1.82, 2.24) is 0 Å². The van der Waals surface area contributed by atoms with Gasteiger partial charge in [0, 0.05) is 11.1 Å². The second kappa shape index (κ2) is 5.71. The second-order valence-corrected chi connectivity index (χ2v) is 4.35. The second-order valence-electron chi connectivity index (χ2n) is 4.35. The fraction of sp³-hybridized carbons (Fsp3) is 0.133. The summed E-state index contributed by atoms with van der Waals surface area (Å²) in [6, 6.07) is 10.1. The van der Waals surface area contributed by atoms with Gasteiger partial charge in [-0.25, -0.2) is 4.39 Å². The molecule has 0 saturated heterocycles. The van der Waals surface area contributed by atoms with Crippen LogP contribution in [0.2, 0.25) is 0 Å². The SMILES string of the molecule is C[C@@H](O)c1cc(F)ccc1Oc1ccc(C(N)=O)cc1. The summed E-state index contributed by atoms with van der Waals surface area (Å²) in [6.45, 7) is 1.53. The van der Waals surface area contributed by atoms with Crippen molar-refractivity contribution in [2.45, 2.75) is 13.0 Å². The Hall–Kier alpha value is -2.40. The van der Waals surface area contributed by atoms with Gasteiger partial charge in [-0.15, -0.1) is 0 Å². The molecule has 0 unspecified atom stereocenters. The molecule has 20 heavy (non-hydrogen) atoms. The zero-order valence-corrected chi connectivity index (χ0v) is 10.8. The summed E-state index contributed by atoms with van der Waals surface area (Å²) in [5, 5.41) is 9.62. The van der Waals surface area contributed by atoms with Crippen molar-refractivity contribution in [3.8, 4) is 11.5 Å². The molecule has 0 aliphatic rings. The maximum atomic E-state index is 13.2. The lowest BCUT2D eigenvalue weighted by atomic mass is 10.1. The van der Waals surface area contributed by atoms with Gasteiger partial charge in [0.1, 0.15) is 17.3 Å². The monoisotopic (exact) mass is 275 g/mol. The molecule has 0 aromatic heterocycles. The molecule has 2 aromatic rings. The number of carbonyl (C=O) groups is 1. The van der Waals surface area contributed by atoms with Crippen molar-refractivity contribution in [1.29, 1.82) is 0 Å². The van der Waals surface area contributed by atoms with Crippen LogP contribution in [-0.4, -0.2) is 11.0 Å². The average Bonchev–Trinajstić information content (AvgIpc) is 2.41. The molecular formula is C15H14FNO3. The Morgan fingerprint density at radius 2 is 1.90 bits per heavy atom. The molecule has 0 saturated carbocycles. The third kappa shape index (κ3) is 3.13. The van der Waals surface area contributed by atoms with Crippen LogP contribution in [0.5, 0.6) is 11.5 Å².